The summed E-state index contributed by atoms with van der Waals surface area (Å²) in [7, 11) is -3.58. The van der Waals surface area contributed by atoms with E-state index in [1.807, 2.05) is 45.0 Å². The van der Waals surface area contributed by atoms with Gasteiger partial charge in [0, 0.05) is 40.5 Å². The van der Waals surface area contributed by atoms with Gasteiger partial charge in [0.15, 0.2) is 21.4 Å². The second-order valence-electron chi connectivity index (χ2n) is 14.3. The number of carboxylic acids is 1. The maximum atomic E-state index is 15.6. The van der Waals surface area contributed by atoms with Gasteiger partial charge in [-0.2, -0.15) is 5.10 Å². The molecule has 258 valence electrons. The van der Waals surface area contributed by atoms with Gasteiger partial charge in [0.1, 0.15) is 11.6 Å². The van der Waals surface area contributed by atoms with Crippen LogP contribution in [0.5, 0.6) is 11.5 Å². The van der Waals surface area contributed by atoms with Crippen LogP contribution in [0.1, 0.15) is 63.6 Å². The molecule has 0 aliphatic carbocycles. The van der Waals surface area contributed by atoms with Crippen molar-refractivity contribution in [1.82, 2.24) is 14.8 Å². The molecule has 2 N–H and O–H groups in total. The summed E-state index contributed by atoms with van der Waals surface area (Å²) >= 11 is 0. The molecule has 1 unspecified atom stereocenters. The van der Waals surface area contributed by atoms with Crippen molar-refractivity contribution >= 4 is 26.7 Å². The number of aromatic nitrogens is 3. The number of sulfone groups is 1. The molecule has 4 bridgehead atoms. The molecule has 0 fully saturated rings. The van der Waals surface area contributed by atoms with Gasteiger partial charge >= 0.3 is 5.97 Å². The van der Waals surface area contributed by atoms with Crippen LogP contribution in [0.15, 0.2) is 73.1 Å². The monoisotopic (exact) mass is 689 g/mol. The number of nitrogens with zero attached hydrogens (tertiary/aromatic N) is 2. The van der Waals surface area contributed by atoms with E-state index in [1.54, 1.807) is 36.1 Å². The number of fused-ring (bicyclic) bond motifs is 8. The zero-order chi connectivity index (χ0) is 35.1. The summed E-state index contributed by atoms with van der Waals surface area (Å²) in [4.78, 5) is 14.6. The summed E-state index contributed by atoms with van der Waals surface area (Å²) in [5, 5.41) is 15.0. The molecule has 11 heteroatoms. The van der Waals surface area contributed by atoms with Crippen LogP contribution in [-0.2, 0) is 33.0 Å². The minimum Gasteiger partial charge on any atom is -0.481 e. The second-order valence-corrected chi connectivity index (χ2v) is 16.5. The Morgan fingerprint density at radius 3 is 2.63 bits per heavy atom. The molecular weight excluding hydrogens is 648 g/mol. The predicted octanol–water partition coefficient (Wildman–Crippen LogP) is 8.30. The molecule has 0 spiro atoms. The molecular formula is C38H41F2N3O5S. The third-order valence-electron chi connectivity index (χ3n) is 9.70. The van der Waals surface area contributed by atoms with Gasteiger partial charge in [0.05, 0.1) is 28.7 Å². The van der Waals surface area contributed by atoms with Crippen LogP contribution >= 0.6 is 0 Å². The number of halogens is 2. The molecule has 3 heterocycles. The zero-order valence-electron chi connectivity index (χ0n) is 28.1. The van der Waals surface area contributed by atoms with E-state index in [0.29, 0.717) is 47.8 Å². The highest BCUT2D eigenvalue weighted by molar-refractivity contribution is 7.91. The maximum Gasteiger partial charge on any atom is 0.306 e. The molecule has 0 radical (unpaired) electrons. The highest BCUT2D eigenvalue weighted by Gasteiger charge is 2.33. The minimum absolute atomic E-state index is 0.0349. The first-order valence-corrected chi connectivity index (χ1v) is 18.3. The third kappa shape index (κ3) is 7.27. The van der Waals surface area contributed by atoms with Crippen molar-refractivity contribution in [3.63, 3.8) is 0 Å². The van der Waals surface area contributed by atoms with E-state index in [4.69, 9.17) is 9.84 Å². The highest BCUT2D eigenvalue weighted by Crippen LogP contribution is 2.39. The molecule has 1 aliphatic heterocycles. The number of rotatable bonds is 4. The van der Waals surface area contributed by atoms with Crippen molar-refractivity contribution < 1.29 is 31.8 Å². The van der Waals surface area contributed by atoms with Gasteiger partial charge in [-0.25, -0.2) is 17.2 Å². The van der Waals surface area contributed by atoms with Crippen molar-refractivity contribution in [2.75, 3.05) is 11.5 Å². The van der Waals surface area contributed by atoms with Crippen LogP contribution in [-0.4, -0.2) is 45.8 Å². The van der Waals surface area contributed by atoms with Crippen LogP contribution in [0.25, 0.3) is 22.2 Å². The van der Waals surface area contributed by atoms with Gasteiger partial charge in [0.2, 0.25) is 0 Å². The molecule has 6 rings (SSSR count). The molecule has 1 aliphatic rings. The van der Waals surface area contributed by atoms with Crippen LogP contribution in [0.3, 0.4) is 0 Å². The van der Waals surface area contributed by atoms with E-state index < -0.39 is 44.3 Å². The van der Waals surface area contributed by atoms with E-state index in [9.17, 15) is 18.3 Å². The first-order chi connectivity index (χ1) is 23.1. The van der Waals surface area contributed by atoms with Crippen LogP contribution in [0.4, 0.5) is 8.78 Å². The smallest absolute Gasteiger partial charge is 0.306 e. The first-order valence-electron chi connectivity index (χ1n) is 16.5. The maximum absolute atomic E-state index is 15.6. The van der Waals surface area contributed by atoms with Crippen molar-refractivity contribution in [2.45, 2.75) is 65.3 Å². The number of benzene rings is 3. The van der Waals surface area contributed by atoms with Crippen molar-refractivity contribution in [3.05, 3.63) is 101 Å². The second kappa shape index (κ2) is 13.1. The van der Waals surface area contributed by atoms with Gasteiger partial charge in [-0.1, -0.05) is 51.5 Å². The quantitative estimate of drug-likeness (QED) is 0.196. The average Bonchev–Trinajstić information content (AvgIpc) is 3.71. The van der Waals surface area contributed by atoms with Gasteiger partial charge in [-0.15, -0.1) is 0 Å². The number of hydrogen-bond donors (Lipinski definition) is 2. The summed E-state index contributed by atoms with van der Waals surface area (Å²) in [6.45, 7) is 7.58. The van der Waals surface area contributed by atoms with Gasteiger partial charge in [-0.3, -0.25) is 9.48 Å². The third-order valence-corrected chi connectivity index (χ3v) is 11.7. The van der Waals surface area contributed by atoms with Crippen LogP contribution in [0.2, 0.25) is 0 Å². The van der Waals surface area contributed by atoms with E-state index in [1.165, 1.54) is 24.3 Å². The van der Waals surface area contributed by atoms with Crippen molar-refractivity contribution in [1.29, 1.82) is 0 Å². The topological polar surface area (TPSA) is 114 Å². The van der Waals surface area contributed by atoms with E-state index >= 15 is 8.78 Å². The number of H-pyrrole nitrogens is 1. The number of aliphatic carboxylic acids is 1. The Hall–Kier alpha value is -4.51. The first kappa shape index (κ1) is 34.4. The van der Waals surface area contributed by atoms with E-state index in [0.717, 1.165) is 11.1 Å². The van der Waals surface area contributed by atoms with E-state index in [-0.39, 0.29) is 35.0 Å². The molecule has 3 aromatic carbocycles. The molecule has 8 nitrogen and oxygen atoms in total. The summed E-state index contributed by atoms with van der Waals surface area (Å²) in [6, 6.07) is 16.7. The number of aryl methyl sites for hydroxylation is 1. The Bertz CT molecular complexity index is 2140. The fourth-order valence-electron chi connectivity index (χ4n) is 6.98. The van der Waals surface area contributed by atoms with Crippen molar-refractivity contribution in [3.8, 4) is 22.8 Å². The minimum atomic E-state index is -3.58. The number of ether oxygens (including phenoxy) is 1. The molecule has 0 saturated heterocycles. The summed E-state index contributed by atoms with van der Waals surface area (Å²) in [5.41, 5.74) is 1.93. The van der Waals surface area contributed by atoms with E-state index in [2.05, 4.69) is 4.98 Å². The Balaban J connectivity index is 1.47. The number of aromatic amines is 1. The molecule has 2 aromatic heterocycles. The lowest BCUT2D eigenvalue weighted by atomic mass is 9.82. The number of carbonyl (C=O) groups is 1. The summed E-state index contributed by atoms with van der Waals surface area (Å²) < 4.78 is 66.1. The van der Waals surface area contributed by atoms with Gasteiger partial charge < -0.3 is 14.8 Å². The van der Waals surface area contributed by atoms with Crippen LogP contribution in [0, 0.1) is 23.0 Å². The highest BCUT2D eigenvalue weighted by atomic mass is 32.2. The Kier molecular flexibility index (Phi) is 9.17. The molecule has 2 atom stereocenters. The predicted molar refractivity (Wildman–Crippen MR) is 186 cm³/mol. The largest absolute Gasteiger partial charge is 0.481 e. The van der Waals surface area contributed by atoms with Crippen LogP contribution < -0.4 is 4.74 Å². The lowest BCUT2D eigenvalue weighted by Gasteiger charge is -2.33. The Morgan fingerprint density at radius 1 is 1.06 bits per heavy atom. The molecule has 0 amide bonds. The number of hydrogen-bond acceptors (Lipinski definition) is 5. The molecule has 49 heavy (non-hydrogen) atoms. The molecule has 5 aromatic rings. The Labute approximate surface area is 285 Å². The van der Waals surface area contributed by atoms with Gasteiger partial charge in [-0.05, 0) is 79.5 Å². The normalized spacial score (nSPS) is 20.0. The zero-order valence-corrected chi connectivity index (χ0v) is 28.9. The summed E-state index contributed by atoms with van der Waals surface area (Å²) in [6.07, 6.45) is 5.67. The van der Waals surface area contributed by atoms with Crippen molar-refractivity contribution in [2.24, 2.45) is 11.3 Å². The lowest BCUT2D eigenvalue weighted by Crippen LogP contribution is -2.33. The Morgan fingerprint density at radius 2 is 1.86 bits per heavy atom. The standard InChI is InChI=1S/C38H41F2N3O5S/c1-24(36(44)45)19-25-7-5-8-26(20-25)38(4)15-6-14-37(2,3)23-49(46,47)18-13-29-28-11-16-41-34(28)22-32(40)35(29)48-27-9-10-31(39)30(21-27)33-12-17-43(38)42-33/h5,7-12,16-17,20-22,24,41H,6,13-15,18-19,23H2,1-4H3,(H,44,45)/t24-,38?/m1/s1. The lowest BCUT2D eigenvalue weighted by molar-refractivity contribution is -0.141. The number of nitrogens with one attached hydrogen (secondary N) is 1. The SMILES string of the molecule is C[C@H](Cc1cccc(C2(C)CCCC(C)(C)CS(=O)(=O)CCc3c(c(F)cc4[nH]ccc34)Oc3ccc(F)c(c3)-c3ccn2n3)c1)C(=O)O. The fourth-order valence-corrected chi connectivity index (χ4v) is 8.97. The fraction of sp³-hybridized carbons (Fsp3) is 0.368. The van der Waals surface area contributed by atoms with Gasteiger partial charge in [0.25, 0.3) is 0 Å². The summed E-state index contributed by atoms with van der Waals surface area (Å²) in [5.74, 6) is -2.81. The average molecular weight is 690 g/mol. The number of carboxylic acid groups (broad SMARTS) is 1. The molecule has 0 saturated carbocycles.